The lowest BCUT2D eigenvalue weighted by molar-refractivity contribution is 0.309. The molecule has 0 amide bonds. The van der Waals surface area contributed by atoms with Gasteiger partial charge in [-0.3, -0.25) is 0 Å². The van der Waals surface area contributed by atoms with E-state index in [-0.39, 0.29) is 0 Å². The van der Waals surface area contributed by atoms with E-state index in [1.54, 1.807) is 0 Å². The van der Waals surface area contributed by atoms with E-state index in [4.69, 9.17) is 0 Å². The fourth-order valence-electron chi connectivity index (χ4n) is 3.66. The fraction of sp³-hybridized carbons (Fsp3) is 1.00. The molecule has 0 aromatic rings. The van der Waals surface area contributed by atoms with Crippen LogP contribution in [0.15, 0.2) is 0 Å². The summed E-state index contributed by atoms with van der Waals surface area (Å²) < 4.78 is 0. The lowest BCUT2D eigenvalue weighted by Crippen LogP contribution is -2.30. The minimum Gasteiger partial charge on any atom is -0.314 e. The van der Waals surface area contributed by atoms with Crippen LogP contribution in [0.25, 0.3) is 0 Å². The van der Waals surface area contributed by atoms with E-state index >= 15 is 0 Å². The van der Waals surface area contributed by atoms with Crippen molar-refractivity contribution in [3.8, 4) is 0 Å². The molecule has 0 aliphatic heterocycles. The molecule has 0 heterocycles. The molecule has 0 radical (unpaired) electrons. The van der Waals surface area contributed by atoms with Gasteiger partial charge in [0.15, 0.2) is 0 Å². The van der Waals surface area contributed by atoms with Crippen molar-refractivity contribution >= 4 is 0 Å². The summed E-state index contributed by atoms with van der Waals surface area (Å²) in [6, 6.07) is 0.818. The number of hydrogen-bond donors (Lipinski definition) is 1. The first-order valence-electron chi connectivity index (χ1n) is 7.89. The maximum absolute atomic E-state index is 3.83. The van der Waals surface area contributed by atoms with Gasteiger partial charge in [-0.1, -0.05) is 46.0 Å². The fourth-order valence-corrected chi connectivity index (χ4v) is 3.66. The average Bonchev–Trinajstić information content (AvgIpc) is 2.72. The molecule has 0 saturated heterocycles. The molecule has 1 N–H and O–H groups in total. The molecular weight excluding hydrogens is 206 g/mol. The zero-order chi connectivity index (χ0) is 12.1. The van der Waals surface area contributed by atoms with Gasteiger partial charge in [0.2, 0.25) is 0 Å². The van der Waals surface area contributed by atoms with Crippen LogP contribution in [-0.4, -0.2) is 12.6 Å². The third-order valence-corrected chi connectivity index (χ3v) is 5.04. The Balaban J connectivity index is 1.62. The zero-order valence-corrected chi connectivity index (χ0v) is 11.9. The molecule has 2 fully saturated rings. The minimum absolute atomic E-state index is 0.599. The van der Waals surface area contributed by atoms with Crippen LogP contribution in [0.2, 0.25) is 0 Å². The number of rotatable bonds is 4. The van der Waals surface area contributed by atoms with Gasteiger partial charge in [0.1, 0.15) is 0 Å². The molecule has 17 heavy (non-hydrogen) atoms. The van der Waals surface area contributed by atoms with Crippen LogP contribution in [0.3, 0.4) is 0 Å². The van der Waals surface area contributed by atoms with Crippen molar-refractivity contribution in [2.75, 3.05) is 6.54 Å². The molecule has 1 atom stereocenters. The summed E-state index contributed by atoms with van der Waals surface area (Å²) in [4.78, 5) is 0. The third-order valence-electron chi connectivity index (χ3n) is 5.04. The largest absolute Gasteiger partial charge is 0.314 e. The van der Waals surface area contributed by atoms with Crippen LogP contribution >= 0.6 is 0 Å². The number of nitrogens with one attached hydrogen (secondary N) is 1. The molecule has 0 spiro atoms. The molecule has 2 saturated carbocycles. The van der Waals surface area contributed by atoms with Gasteiger partial charge in [-0.25, -0.2) is 0 Å². The molecule has 2 aliphatic carbocycles. The van der Waals surface area contributed by atoms with Gasteiger partial charge in [-0.05, 0) is 50.0 Å². The lowest BCUT2D eigenvalue weighted by atomic mass is 9.85. The highest BCUT2D eigenvalue weighted by atomic mass is 14.9. The van der Waals surface area contributed by atoms with E-state index in [9.17, 15) is 0 Å². The van der Waals surface area contributed by atoms with Gasteiger partial charge in [0.25, 0.3) is 0 Å². The smallest absolute Gasteiger partial charge is 0.00672 e. The first kappa shape index (κ1) is 13.4. The molecular formula is C16H31N. The quantitative estimate of drug-likeness (QED) is 0.709. The standard InChI is InChI=1S/C16H31N/c1-16(2)11-5-8-15(9-12-16)17-13-10-14-6-3-4-7-14/h14-15,17H,3-13H2,1-2H3. The van der Waals surface area contributed by atoms with Gasteiger partial charge in [-0.15, -0.1) is 0 Å². The van der Waals surface area contributed by atoms with Crippen LogP contribution in [-0.2, 0) is 0 Å². The minimum atomic E-state index is 0.599. The van der Waals surface area contributed by atoms with Gasteiger partial charge in [0, 0.05) is 6.04 Å². The third kappa shape index (κ3) is 4.62. The Morgan fingerprint density at radius 3 is 2.47 bits per heavy atom. The highest BCUT2D eigenvalue weighted by Gasteiger charge is 2.24. The van der Waals surface area contributed by atoms with Crippen LogP contribution in [0, 0.1) is 11.3 Å². The molecule has 2 rings (SSSR count). The van der Waals surface area contributed by atoms with Crippen LogP contribution in [0.1, 0.15) is 78.1 Å². The van der Waals surface area contributed by atoms with E-state index in [1.165, 1.54) is 70.8 Å². The van der Waals surface area contributed by atoms with Crippen molar-refractivity contribution in [2.24, 2.45) is 11.3 Å². The van der Waals surface area contributed by atoms with Gasteiger partial charge < -0.3 is 5.32 Å². The molecule has 0 bridgehead atoms. The van der Waals surface area contributed by atoms with E-state index in [2.05, 4.69) is 19.2 Å². The summed E-state index contributed by atoms with van der Waals surface area (Å²) >= 11 is 0. The monoisotopic (exact) mass is 237 g/mol. The Hall–Kier alpha value is -0.0400. The Kier molecular flexibility index (Phi) is 4.90. The second-order valence-corrected chi connectivity index (χ2v) is 7.19. The maximum atomic E-state index is 3.83. The second kappa shape index (κ2) is 6.22. The van der Waals surface area contributed by atoms with E-state index in [0.29, 0.717) is 5.41 Å². The first-order valence-corrected chi connectivity index (χ1v) is 7.89. The Bertz CT molecular complexity index is 216. The van der Waals surface area contributed by atoms with Gasteiger partial charge in [0.05, 0.1) is 0 Å². The molecule has 0 aromatic heterocycles. The van der Waals surface area contributed by atoms with E-state index < -0.39 is 0 Å². The average molecular weight is 237 g/mol. The highest BCUT2D eigenvalue weighted by molar-refractivity contribution is 4.80. The maximum Gasteiger partial charge on any atom is 0.00672 e. The molecule has 2 aliphatic rings. The highest BCUT2D eigenvalue weighted by Crippen LogP contribution is 2.34. The Morgan fingerprint density at radius 1 is 0.941 bits per heavy atom. The summed E-state index contributed by atoms with van der Waals surface area (Å²) in [5.74, 6) is 1.05. The molecule has 1 unspecified atom stereocenters. The van der Waals surface area contributed by atoms with Gasteiger partial charge >= 0.3 is 0 Å². The SMILES string of the molecule is CC1(C)CCCC(NCCC2CCCC2)CC1. The number of hydrogen-bond acceptors (Lipinski definition) is 1. The van der Waals surface area contributed by atoms with Crippen LogP contribution in [0.4, 0.5) is 0 Å². The molecule has 100 valence electrons. The summed E-state index contributed by atoms with van der Waals surface area (Å²) in [6.45, 7) is 6.15. The molecule has 0 aromatic carbocycles. The zero-order valence-electron chi connectivity index (χ0n) is 11.9. The van der Waals surface area contributed by atoms with Crippen molar-refractivity contribution in [3.63, 3.8) is 0 Å². The summed E-state index contributed by atoms with van der Waals surface area (Å²) in [5.41, 5.74) is 0.599. The molecule has 1 heteroatoms. The molecule has 1 nitrogen and oxygen atoms in total. The van der Waals surface area contributed by atoms with E-state index in [1.807, 2.05) is 0 Å². The normalized spacial score (nSPS) is 30.4. The lowest BCUT2D eigenvalue weighted by Gasteiger charge is -2.22. The van der Waals surface area contributed by atoms with Crippen LogP contribution in [0.5, 0.6) is 0 Å². The first-order chi connectivity index (χ1) is 8.16. The second-order valence-electron chi connectivity index (χ2n) is 7.19. The summed E-state index contributed by atoms with van der Waals surface area (Å²) in [5, 5.41) is 3.83. The topological polar surface area (TPSA) is 12.0 Å². The van der Waals surface area contributed by atoms with E-state index in [0.717, 1.165) is 12.0 Å². The predicted octanol–water partition coefficient (Wildman–Crippen LogP) is 4.52. The van der Waals surface area contributed by atoms with Crippen molar-refractivity contribution < 1.29 is 0 Å². The summed E-state index contributed by atoms with van der Waals surface area (Å²) in [6.07, 6.45) is 14.5. The van der Waals surface area contributed by atoms with Crippen molar-refractivity contribution in [3.05, 3.63) is 0 Å². The Labute approximate surface area is 108 Å². The van der Waals surface area contributed by atoms with Crippen molar-refractivity contribution in [1.29, 1.82) is 0 Å². The summed E-state index contributed by atoms with van der Waals surface area (Å²) in [7, 11) is 0. The van der Waals surface area contributed by atoms with Crippen molar-refractivity contribution in [2.45, 2.75) is 84.1 Å². The Morgan fingerprint density at radius 2 is 1.71 bits per heavy atom. The van der Waals surface area contributed by atoms with Crippen molar-refractivity contribution in [1.82, 2.24) is 5.32 Å². The van der Waals surface area contributed by atoms with Crippen LogP contribution < -0.4 is 5.32 Å². The predicted molar refractivity (Wildman–Crippen MR) is 75.2 cm³/mol. The van der Waals surface area contributed by atoms with Gasteiger partial charge in [-0.2, -0.15) is 0 Å².